The summed E-state index contributed by atoms with van der Waals surface area (Å²) in [7, 11) is 3.68. The highest BCUT2D eigenvalue weighted by Crippen LogP contribution is 2.40. The summed E-state index contributed by atoms with van der Waals surface area (Å²) < 4.78 is 5.19. The molecule has 1 aliphatic rings. The predicted octanol–water partition coefficient (Wildman–Crippen LogP) is 3.74. The third-order valence-corrected chi connectivity index (χ3v) is 3.84. The summed E-state index contributed by atoms with van der Waals surface area (Å²) in [6.07, 6.45) is 1.07. The third-order valence-electron chi connectivity index (χ3n) is 3.84. The summed E-state index contributed by atoms with van der Waals surface area (Å²) in [5.74, 6) is 0.875. The second-order valence-electron chi connectivity index (χ2n) is 5.08. The van der Waals surface area contributed by atoms with E-state index in [0.29, 0.717) is 6.04 Å². The van der Waals surface area contributed by atoms with Gasteiger partial charge in [-0.2, -0.15) is 5.06 Å². The number of methoxy groups -OCH3 is 1. The predicted molar refractivity (Wildman–Crippen MR) is 78.4 cm³/mol. The molecule has 0 spiro atoms. The summed E-state index contributed by atoms with van der Waals surface area (Å²) in [5, 5.41) is 1.96. The normalized spacial score (nSPS) is 22.9. The summed E-state index contributed by atoms with van der Waals surface area (Å²) >= 11 is 0. The van der Waals surface area contributed by atoms with Crippen LogP contribution in [0.4, 0.5) is 0 Å². The molecule has 1 fully saturated rings. The van der Waals surface area contributed by atoms with Gasteiger partial charge in [-0.1, -0.05) is 42.5 Å². The van der Waals surface area contributed by atoms with Crippen molar-refractivity contribution in [2.75, 3.05) is 14.2 Å². The third kappa shape index (κ3) is 2.55. The Morgan fingerprint density at radius 3 is 2.35 bits per heavy atom. The molecule has 2 atom stereocenters. The first-order chi connectivity index (χ1) is 9.78. The summed E-state index contributed by atoms with van der Waals surface area (Å²) in [5.41, 5.74) is 2.49. The molecule has 1 aliphatic heterocycles. The van der Waals surface area contributed by atoms with E-state index in [4.69, 9.17) is 9.57 Å². The molecule has 0 saturated carbocycles. The highest BCUT2D eigenvalue weighted by molar-refractivity contribution is 5.29. The van der Waals surface area contributed by atoms with Crippen LogP contribution in [-0.4, -0.2) is 19.2 Å². The lowest BCUT2D eigenvalue weighted by atomic mass is 9.98. The first-order valence-corrected chi connectivity index (χ1v) is 6.86. The van der Waals surface area contributed by atoms with E-state index in [1.54, 1.807) is 7.11 Å². The Hall–Kier alpha value is -1.84. The summed E-state index contributed by atoms with van der Waals surface area (Å²) in [4.78, 5) is 5.98. The Morgan fingerprint density at radius 1 is 1.00 bits per heavy atom. The van der Waals surface area contributed by atoms with Gasteiger partial charge in [-0.3, -0.25) is 4.84 Å². The van der Waals surface area contributed by atoms with Gasteiger partial charge in [-0.25, -0.2) is 0 Å². The van der Waals surface area contributed by atoms with Crippen LogP contribution in [0.3, 0.4) is 0 Å². The van der Waals surface area contributed by atoms with Gasteiger partial charge in [-0.15, -0.1) is 0 Å². The SMILES string of the molecule is COc1ccc([C@H]2C[C@H](c3ccccc3)N(C)O2)cc1. The number of rotatable bonds is 3. The van der Waals surface area contributed by atoms with Crippen LogP contribution in [0.15, 0.2) is 54.6 Å². The van der Waals surface area contributed by atoms with Crippen molar-refractivity contribution < 1.29 is 9.57 Å². The van der Waals surface area contributed by atoms with E-state index in [0.717, 1.165) is 12.2 Å². The van der Waals surface area contributed by atoms with E-state index in [1.165, 1.54) is 11.1 Å². The summed E-state index contributed by atoms with van der Waals surface area (Å²) in [6, 6.07) is 18.9. The molecule has 2 aromatic carbocycles. The van der Waals surface area contributed by atoms with Gasteiger partial charge in [0.2, 0.25) is 0 Å². The van der Waals surface area contributed by atoms with Gasteiger partial charge in [-0.05, 0) is 23.3 Å². The van der Waals surface area contributed by atoms with E-state index >= 15 is 0 Å². The maximum absolute atomic E-state index is 5.98. The fourth-order valence-electron chi connectivity index (χ4n) is 2.71. The first kappa shape index (κ1) is 13.2. The van der Waals surface area contributed by atoms with Crippen LogP contribution in [0.5, 0.6) is 5.75 Å². The molecule has 104 valence electrons. The second-order valence-corrected chi connectivity index (χ2v) is 5.08. The minimum atomic E-state index is 0.108. The van der Waals surface area contributed by atoms with Crippen LogP contribution >= 0.6 is 0 Å². The van der Waals surface area contributed by atoms with Gasteiger partial charge in [0.25, 0.3) is 0 Å². The summed E-state index contributed by atoms with van der Waals surface area (Å²) in [6.45, 7) is 0. The molecule has 0 radical (unpaired) electrons. The molecule has 3 nitrogen and oxygen atoms in total. The minimum Gasteiger partial charge on any atom is -0.497 e. The average Bonchev–Trinajstić information content (AvgIpc) is 2.90. The Balaban J connectivity index is 1.77. The fourth-order valence-corrected chi connectivity index (χ4v) is 2.71. The molecule has 0 unspecified atom stereocenters. The molecule has 0 bridgehead atoms. The lowest BCUT2D eigenvalue weighted by Gasteiger charge is -2.17. The van der Waals surface area contributed by atoms with E-state index in [-0.39, 0.29) is 6.10 Å². The van der Waals surface area contributed by atoms with Gasteiger partial charge < -0.3 is 4.74 Å². The quantitative estimate of drug-likeness (QED) is 0.847. The number of benzene rings is 2. The molecule has 0 amide bonds. The minimum absolute atomic E-state index is 0.108. The molecule has 0 aliphatic carbocycles. The first-order valence-electron chi connectivity index (χ1n) is 6.86. The second kappa shape index (κ2) is 5.65. The molecular weight excluding hydrogens is 250 g/mol. The van der Waals surface area contributed by atoms with Crippen LogP contribution in [0, 0.1) is 0 Å². The molecule has 0 N–H and O–H groups in total. The van der Waals surface area contributed by atoms with E-state index in [2.05, 4.69) is 36.4 Å². The maximum atomic E-state index is 5.98. The largest absolute Gasteiger partial charge is 0.497 e. The van der Waals surface area contributed by atoms with Gasteiger partial charge in [0.15, 0.2) is 0 Å². The van der Waals surface area contributed by atoms with E-state index in [1.807, 2.05) is 30.3 Å². The standard InChI is InChI=1S/C17H19NO2/c1-18-16(13-6-4-3-5-7-13)12-17(20-18)14-8-10-15(19-2)11-9-14/h3-11,16-17H,12H2,1-2H3/t16-,17-/m1/s1. The smallest absolute Gasteiger partial charge is 0.118 e. The van der Waals surface area contributed by atoms with Crippen molar-refractivity contribution in [1.29, 1.82) is 0 Å². The van der Waals surface area contributed by atoms with Crippen molar-refractivity contribution in [3.05, 3.63) is 65.7 Å². The molecule has 1 saturated heterocycles. The van der Waals surface area contributed by atoms with Crippen molar-refractivity contribution in [2.45, 2.75) is 18.6 Å². The van der Waals surface area contributed by atoms with E-state index in [9.17, 15) is 0 Å². The fraction of sp³-hybridized carbons (Fsp3) is 0.294. The Morgan fingerprint density at radius 2 is 1.70 bits per heavy atom. The Kier molecular flexibility index (Phi) is 3.72. The van der Waals surface area contributed by atoms with Crippen LogP contribution in [0.1, 0.15) is 29.7 Å². The van der Waals surface area contributed by atoms with Crippen LogP contribution < -0.4 is 4.74 Å². The van der Waals surface area contributed by atoms with Gasteiger partial charge in [0.05, 0.1) is 13.2 Å². The Labute approximate surface area is 119 Å². The number of ether oxygens (including phenoxy) is 1. The van der Waals surface area contributed by atoms with Crippen LogP contribution in [0.2, 0.25) is 0 Å². The molecule has 3 rings (SSSR count). The number of hydroxylamine groups is 2. The zero-order valence-corrected chi connectivity index (χ0v) is 11.8. The maximum Gasteiger partial charge on any atom is 0.118 e. The zero-order valence-electron chi connectivity index (χ0n) is 11.8. The number of nitrogens with zero attached hydrogens (tertiary/aromatic N) is 1. The van der Waals surface area contributed by atoms with Crippen molar-refractivity contribution in [1.82, 2.24) is 5.06 Å². The van der Waals surface area contributed by atoms with Gasteiger partial charge in [0, 0.05) is 13.5 Å². The molecule has 20 heavy (non-hydrogen) atoms. The zero-order chi connectivity index (χ0) is 13.9. The van der Waals surface area contributed by atoms with Gasteiger partial charge >= 0.3 is 0 Å². The van der Waals surface area contributed by atoms with Crippen molar-refractivity contribution in [2.24, 2.45) is 0 Å². The Bertz CT molecular complexity index is 553. The molecule has 3 heteroatoms. The van der Waals surface area contributed by atoms with Crippen LogP contribution in [0.25, 0.3) is 0 Å². The van der Waals surface area contributed by atoms with Crippen molar-refractivity contribution in [3.63, 3.8) is 0 Å². The monoisotopic (exact) mass is 269 g/mol. The average molecular weight is 269 g/mol. The topological polar surface area (TPSA) is 21.7 Å². The lowest BCUT2D eigenvalue weighted by Crippen LogP contribution is -2.16. The molecule has 0 aromatic heterocycles. The highest BCUT2D eigenvalue weighted by atomic mass is 16.7. The van der Waals surface area contributed by atoms with E-state index < -0.39 is 0 Å². The highest BCUT2D eigenvalue weighted by Gasteiger charge is 2.32. The number of hydrogen-bond donors (Lipinski definition) is 0. The number of hydrogen-bond acceptors (Lipinski definition) is 3. The van der Waals surface area contributed by atoms with Crippen LogP contribution in [-0.2, 0) is 4.84 Å². The van der Waals surface area contributed by atoms with Crippen molar-refractivity contribution >= 4 is 0 Å². The van der Waals surface area contributed by atoms with Crippen molar-refractivity contribution in [3.8, 4) is 5.75 Å². The van der Waals surface area contributed by atoms with Gasteiger partial charge in [0.1, 0.15) is 11.9 Å². The molecular formula is C17H19NO2. The lowest BCUT2D eigenvalue weighted by molar-refractivity contribution is -0.146. The molecule has 1 heterocycles. The molecule has 2 aromatic rings.